The fourth-order valence-corrected chi connectivity index (χ4v) is 4.70. The number of carbonyl (C=O) groups is 1. The molecule has 1 heterocycles. The molecule has 1 aromatic rings. The van der Waals surface area contributed by atoms with Crippen molar-refractivity contribution in [2.24, 2.45) is 5.73 Å². The third kappa shape index (κ3) is 7.62. The van der Waals surface area contributed by atoms with Gasteiger partial charge < -0.3 is 15.4 Å². The molecule has 1 saturated heterocycles. The van der Waals surface area contributed by atoms with Crippen LogP contribution < -0.4 is 5.73 Å². The molecule has 3 rings (SSSR count). The van der Waals surface area contributed by atoms with Crippen LogP contribution >= 0.6 is 27.5 Å². The average molecular weight is 539 g/mol. The number of nitrogens with zero attached hydrogens (tertiary/aromatic N) is 2. The molecule has 5 nitrogen and oxygen atoms in total. The molecule has 0 aromatic heterocycles. The van der Waals surface area contributed by atoms with E-state index in [9.17, 15) is 4.79 Å². The number of nitrogens with two attached hydrogens (primary N) is 1. The summed E-state index contributed by atoms with van der Waals surface area (Å²) in [5.41, 5.74) is 9.95. The molecule has 0 saturated carbocycles. The number of carbonyl (C=O) groups excluding carboxylic acids is 1. The fraction of sp³-hybridized carbons (Fsp3) is 0.500. The van der Waals surface area contributed by atoms with Crippen LogP contribution in [0.4, 0.5) is 4.79 Å². The molecule has 1 aromatic carbocycles. The van der Waals surface area contributed by atoms with Crippen LogP contribution in [-0.4, -0.2) is 53.0 Å². The Kier molecular flexibility index (Phi) is 10.5. The largest absolute Gasteiger partial charge is 0.444 e. The molecule has 1 amide bonds. The highest BCUT2D eigenvalue weighted by Crippen LogP contribution is 2.39. The number of hydrogen-bond donors (Lipinski definition) is 1. The lowest BCUT2D eigenvalue weighted by atomic mass is 9.94. The number of rotatable bonds is 3. The molecule has 182 valence electrons. The van der Waals surface area contributed by atoms with E-state index < -0.39 is 5.60 Å². The Morgan fingerprint density at radius 2 is 1.91 bits per heavy atom. The standard InChI is InChI=1S/C24H31BrClN3O2.C2H6/c1-24(2,3)31-23(30)29-11-9-28(10-12-29)22-14-17(5-4-8-27)13-18(16-25)21-15-19(26)6-7-20(21)22;1-2/h4-8,13,15,22H,9-12,14,16,27H2,1-3H3;1-2H3/b8-4-,17-5-;. The molecule has 2 N–H and O–H groups in total. The van der Waals surface area contributed by atoms with Crippen LogP contribution in [0.3, 0.4) is 0 Å². The number of alkyl halides is 1. The summed E-state index contributed by atoms with van der Waals surface area (Å²) in [5.74, 6) is 0. The first-order chi connectivity index (χ1) is 15.7. The molecule has 1 fully saturated rings. The van der Waals surface area contributed by atoms with Gasteiger partial charge in [0, 0.05) is 42.6 Å². The molecule has 1 aliphatic carbocycles. The average Bonchev–Trinajstić information content (AvgIpc) is 2.94. The molecule has 33 heavy (non-hydrogen) atoms. The molecule has 7 heteroatoms. The minimum Gasteiger partial charge on any atom is -0.444 e. The first-order valence-corrected chi connectivity index (χ1v) is 13.1. The Balaban J connectivity index is 0.00000187. The summed E-state index contributed by atoms with van der Waals surface area (Å²) in [6.45, 7) is 12.6. The summed E-state index contributed by atoms with van der Waals surface area (Å²) in [7, 11) is 0. The number of halogens is 2. The van der Waals surface area contributed by atoms with Gasteiger partial charge in [-0.2, -0.15) is 0 Å². The highest BCUT2D eigenvalue weighted by molar-refractivity contribution is 9.09. The third-order valence-electron chi connectivity index (χ3n) is 5.48. The molecular weight excluding hydrogens is 502 g/mol. The number of piperazine rings is 1. The van der Waals surface area contributed by atoms with Crippen molar-refractivity contribution in [1.29, 1.82) is 0 Å². The van der Waals surface area contributed by atoms with Crippen molar-refractivity contribution in [2.45, 2.75) is 52.7 Å². The second-order valence-corrected chi connectivity index (χ2v) is 9.88. The van der Waals surface area contributed by atoms with Gasteiger partial charge in [0.05, 0.1) is 0 Å². The Bertz CT molecular complexity index is 897. The lowest BCUT2D eigenvalue weighted by Crippen LogP contribution is -2.50. The predicted octanol–water partition coefficient (Wildman–Crippen LogP) is 6.54. The Morgan fingerprint density at radius 1 is 1.24 bits per heavy atom. The van der Waals surface area contributed by atoms with E-state index in [2.05, 4.69) is 45.1 Å². The summed E-state index contributed by atoms with van der Waals surface area (Å²) >= 11 is 10.0. The van der Waals surface area contributed by atoms with Gasteiger partial charge in [-0.25, -0.2) is 4.79 Å². The predicted molar refractivity (Wildman–Crippen MR) is 143 cm³/mol. The van der Waals surface area contributed by atoms with Crippen molar-refractivity contribution < 1.29 is 9.53 Å². The monoisotopic (exact) mass is 537 g/mol. The summed E-state index contributed by atoms with van der Waals surface area (Å²) < 4.78 is 5.55. The Morgan fingerprint density at radius 3 is 2.48 bits per heavy atom. The molecule has 1 unspecified atom stereocenters. The molecule has 0 spiro atoms. The first kappa shape index (κ1) is 27.5. The molecular formula is C26H37BrClN3O2. The van der Waals surface area contributed by atoms with Gasteiger partial charge in [0.15, 0.2) is 0 Å². The van der Waals surface area contributed by atoms with Crippen LogP contribution in [0.5, 0.6) is 0 Å². The summed E-state index contributed by atoms with van der Waals surface area (Å²) in [4.78, 5) is 16.7. The van der Waals surface area contributed by atoms with Crippen molar-refractivity contribution >= 4 is 39.2 Å². The number of ether oxygens (including phenoxy) is 1. The smallest absolute Gasteiger partial charge is 0.410 e. The molecule has 1 atom stereocenters. The van der Waals surface area contributed by atoms with Crippen LogP contribution in [0.1, 0.15) is 58.2 Å². The van der Waals surface area contributed by atoms with Gasteiger partial charge in [-0.05, 0) is 73.9 Å². The number of benzene rings is 1. The molecule has 2 aliphatic rings. The number of amides is 1. The minimum atomic E-state index is -0.484. The zero-order chi connectivity index (χ0) is 24.6. The Labute approximate surface area is 212 Å². The maximum Gasteiger partial charge on any atom is 0.410 e. The lowest BCUT2D eigenvalue weighted by molar-refractivity contribution is 0.0102. The van der Waals surface area contributed by atoms with E-state index in [4.69, 9.17) is 22.1 Å². The quantitative estimate of drug-likeness (QED) is 0.444. The van der Waals surface area contributed by atoms with E-state index in [1.165, 1.54) is 22.3 Å². The van der Waals surface area contributed by atoms with E-state index in [1.807, 2.05) is 46.8 Å². The third-order valence-corrected chi connectivity index (χ3v) is 6.32. The number of fused-ring (bicyclic) bond motifs is 1. The van der Waals surface area contributed by atoms with Gasteiger partial charge in [-0.1, -0.05) is 59.6 Å². The second kappa shape index (κ2) is 12.6. The molecule has 0 bridgehead atoms. The van der Waals surface area contributed by atoms with E-state index >= 15 is 0 Å². The normalized spacial score (nSPS) is 20.6. The number of hydrogen-bond acceptors (Lipinski definition) is 4. The van der Waals surface area contributed by atoms with Gasteiger partial charge in [0.1, 0.15) is 5.60 Å². The van der Waals surface area contributed by atoms with Crippen LogP contribution in [0.15, 0.2) is 48.2 Å². The summed E-state index contributed by atoms with van der Waals surface area (Å²) in [5, 5.41) is 1.47. The van der Waals surface area contributed by atoms with Gasteiger partial charge >= 0.3 is 6.09 Å². The maximum absolute atomic E-state index is 12.5. The van der Waals surface area contributed by atoms with E-state index in [-0.39, 0.29) is 12.1 Å². The van der Waals surface area contributed by atoms with Gasteiger partial charge in [0.25, 0.3) is 0 Å². The van der Waals surface area contributed by atoms with Gasteiger partial charge in [0.2, 0.25) is 0 Å². The van der Waals surface area contributed by atoms with Gasteiger partial charge in [-0.15, -0.1) is 0 Å². The molecule has 1 aliphatic heterocycles. The second-order valence-electron chi connectivity index (χ2n) is 8.88. The highest BCUT2D eigenvalue weighted by atomic mass is 79.9. The number of allylic oxidation sites excluding steroid dienone is 4. The minimum absolute atomic E-state index is 0.193. The fourth-order valence-electron chi connectivity index (χ4n) is 4.07. The van der Waals surface area contributed by atoms with Crippen molar-refractivity contribution in [1.82, 2.24) is 9.80 Å². The topological polar surface area (TPSA) is 58.8 Å². The van der Waals surface area contributed by atoms with Crippen molar-refractivity contribution in [3.05, 3.63) is 64.3 Å². The Hall–Kier alpha value is -1.76. The van der Waals surface area contributed by atoms with Crippen molar-refractivity contribution in [3.8, 4) is 0 Å². The maximum atomic E-state index is 12.5. The zero-order valence-corrected chi connectivity index (χ0v) is 22.7. The van der Waals surface area contributed by atoms with E-state index in [0.717, 1.165) is 29.9 Å². The van der Waals surface area contributed by atoms with Crippen LogP contribution in [0.25, 0.3) is 5.57 Å². The first-order valence-electron chi connectivity index (χ1n) is 11.6. The van der Waals surface area contributed by atoms with Crippen molar-refractivity contribution in [3.63, 3.8) is 0 Å². The molecule has 0 radical (unpaired) electrons. The SMILES string of the molecule is CC.CC(C)(C)OC(=O)N1CCN(C2C/C(=C\C=C/N)C=C(CBr)c3cc(Cl)ccc32)CC1. The zero-order valence-electron chi connectivity index (χ0n) is 20.4. The van der Waals surface area contributed by atoms with Crippen LogP contribution in [-0.2, 0) is 4.74 Å². The lowest BCUT2D eigenvalue weighted by Gasteiger charge is -2.40. The highest BCUT2D eigenvalue weighted by Gasteiger charge is 2.32. The van der Waals surface area contributed by atoms with E-state index in [1.54, 1.807) is 11.1 Å². The van der Waals surface area contributed by atoms with Gasteiger partial charge in [-0.3, -0.25) is 4.90 Å². The van der Waals surface area contributed by atoms with E-state index in [0.29, 0.717) is 13.1 Å². The van der Waals surface area contributed by atoms with Crippen molar-refractivity contribution in [2.75, 3.05) is 31.5 Å². The summed E-state index contributed by atoms with van der Waals surface area (Å²) in [6, 6.07) is 6.35. The van der Waals surface area contributed by atoms with Crippen LogP contribution in [0, 0.1) is 0 Å². The van der Waals surface area contributed by atoms with Crippen LogP contribution in [0.2, 0.25) is 5.02 Å². The summed E-state index contributed by atoms with van der Waals surface area (Å²) in [6.07, 6.45) is 8.34.